The minimum absolute atomic E-state index is 0.0564. The first-order chi connectivity index (χ1) is 11.5. The first kappa shape index (κ1) is 16.2. The molecule has 2 aromatic rings. The average molecular weight is 324 g/mol. The Morgan fingerprint density at radius 3 is 2.67 bits per heavy atom. The zero-order valence-electron chi connectivity index (χ0n) is 13.8. The van der Waals surface area contributed by atoms with Gasteiger partial charge in [-0.3, -0.25) is 4.79 Å². The van der Waals surface area contributed by atoms with Gasteiger partial charge in [0.1, 0.15) is 5.69 Å². The number of hydrogen-bond acceptors (Lipinski definition) is 3. The van der Waals surface area contributed by atoms with Crippen molar-refractivity contribution in [3.8, 4) is 0 Å². The van der Waals surface area contributed by atoms with Gasteiger partial charge in [0, 0.05) is 12.7 Å². The highest BCUT2D eigenvalue weighted by molar-refractivity contribution is 5.95. The number of pyridine rings is 1. The van der Waals surface area contributed by atoms with Crippen molar-refractivity contribution >= 4 is 11.9 Å². The summed E-state index contributed by atoms with van der Waals surface area (Å²) in [7, 11) is 0. The fourth-order valence-corrected chi connectivity index (χ4v) is 3.26. The summed E-state index contributed by atoms with van der Waals surface area (Å²) >= 11 is 0. The number of carboxylic acids is 1. The van der Waals surface area contributed by atoms with Crippen LogP contribution in [0.3, 0.4) is 0 Å². The largest absolute Gasteiger partial charge is 0.477 e. The third-order valence-corrected chi connectivity index (χ3v) is 4.54. The van der Waals surface area contributed by atoms with Crippen LogP contribution in [-0.4, -0.2) is 33.4 Å². The predicted molar refractivity (Wildman–Crippen MR) is 90.1 cm³/mol. The minimum Gasteiger partial charge on any atom is -0.477 e. The van der Waals surface area contributed by atoms with E-state index in [9.17, 15) is 9.59 Å². The molecule has 5 heteroatoms. The molecule has 1 N–H and O–H groups in total. The van der Waals surface area contributed by atoms with E-state index in [2.05, 4.69) is 37.0 Å². The number of aryl methyl sites for hydroxylation is 2. The second-order valence-corrected chi connectivity index (χ2v) is 6.25. The molecule has 0 bridgehead atoms. The number of aromatic carboxylic acids is 1. The van der Waals surface area contributed by atoms with Crippen LogP contribution >= 0.6 is 0 Å². The molecule has 3 rings (SSSR count). The SMILES string of the molecule is Cc1ccc(C)c(C2CCCN2C(=O)c2ccc(C(=O)O)nc2)c1. The molecule has 24 heavy (non-hydrogen) atoms. The lowest BCUT2D eigenvalue weighted by Gasteiger charge is -2.26. The Bertz CT molecular complexity index is 784. The van der Waals surface area contributed by atoms with Crippen LogP contribution in [0.2, 0.25) is 0 Å². The molecule has 0 saturated carbocycles. The van der Waals surface area contributed by atoms with Crippen LogP contribution in [0, 0.1) is 13.8 Å². The van der Waals surface area contributed by atoms with Gasteiger partial charge in [0.25, 0.3) is 5.91 Å². The van der Waals surface area contributed by atoms with E-state index in [-0.39, 0.29) is 17.6 Å². The van der Waals surface area contributed by atoms with Crippen LogP contribution < -0.4 is 0 Å². The lowest BCUT2D eigenvalue weighted by Crippen LogP contribution is -2.31. The minimum atomic E-state index is -1.09. The summed E-state index contributed by atoms with van der Waals surface area (Å²) in [5.74, 6) is -1.19. The third kappa shape index (κ3) is 3.02. The smallest absolute Gasteiger partial charge is 0.354 e. The summed E-state index contributed by atoms with van der Waals surface area (Å²) in [5.41, 5.74) is 3.93. The van der Waals surface area contributed by atoms with Crippen LogP contribution in [0.1, 0.15) is 56.4 Å². The molecular formula is C19H20N2O3. The van der Waals surface area contributed by atoms with E-state index >= 15 is 0 Å². The van der Waals surface area contributed by atoms with E-state index in [0.29, 0.717) is 12.1 Å². The van der Waals surface area contributed by atoms with Crippen molar-refractivity contribution in [2.45, 2.75) is 32.7 Å². The van der Waals surface area contributed by atoms with E-state index in [0.717, 1.165) is 12.8 Å². The lowest BCUT2D eigenvalue weighted by atomic mass is 9.97. The quantitative estimate of drug-likeness (QED) is 0.939. The van der Waals surface area contributed by atoms with Gasteiger partial charge < -0.3 is 10.0 Å². The predicted octanol–water partition coefficient (Wildman–Crippen LogP) is 3.37. The van der Waals surface area contributed by atoms with Gasteiger partial charge in [0.2, 0.25) is 0 Å². The van der Waals surface area contributed by atoms with Crippen molar-refractivity contribution in [3.63, 3.8) is 0 Å². The maximum atomic E-state index is 12.8. The molecule has 0 aliphatic carbocycles. The van der Waals surface area contributed by atoms with Gasteiger partial charge in [-0.05, 0) is 49.9 Å². The Kier molecular flexibility index (Phi) is 4.34. The van der Waals surface area contributed by atoms with Crippen molar-refractivity contribution in [1.82, 2.24) is 9.88 Å². The molecule has 0 radical (unpaired) electrons. The normalized spacial score (nSPS) is 17.1. The molecule has 1 unspecified atom stereocenters. The number of hydrogen-bond donors (Lipinski definition) is 1. The van der Waals surface area contributed by atoms with Gasteiger partial charge in [0.05, 0.1) is 11.6 Å². The topological polar surface area (TPSA) is 70.5 Å². The van der Waals surface area contributed by atoms with Crippen LogP contribution in [0.15, 0.2) is 36.5 Å². The zero-order chi connectivity index (χ0) is 17.3. The van der Waals surface area contributed by atoms with Crippen molar-refractivity contribution in [2.75, 3.05) is 6.54 Å². The van der Waals surface area contributed by atoms with Crippen molar-refractivity contribution in [1.29, 1.82) is 0 Å². The van der Waals surface area contributed by atoms with E-state index < -0.39 is 5.97 Å². The summed E-state index contributed by atoms with van der Waals surface area (Å²) in [6.07, 6.45) is 3.26. The number of nitrogens with zero attached hydrogens (tertiary/aromatic N) is 2. The number of likely N-dealkylation sites (tertiary alicyclic amines) is 1. The maximum absolute atomic E-state index is 12.8. The molecule has 1 amide bonds. The van der Waals surface area contributed by atoms with E-state index in [4.69, 9.17) is 5.11 Å². The first-order valence-electron chi connectivity index (χ1n) is 8.05. The fraction of sp³-hybridized carbons (Fsp3) is 0.316. The summed E-state index contributed by atoms with van der Waals surface area (Å²) < 4.78 is 0. The number of carboxylic acid groups (broad SMARTS) is 1. The van der Waals surface area contributed by atoms with Gasteiger partial charge in [-0.2, -0.15) is 0 Å². The third-order valence-electron chi connectivity index (χ3n) is 4.54. The number of amides is 1. The molecule has 1 aromatic carbocycles. The van der Waals surface area contributed by atoms with E-state index in [1.807, 2.05) is 4.90 Å². The summed E-state index contributed by atoms with van der Waals surface area (Å²) in [6, 6.07) is 9.30. The Hall–Kier alpha value is -2.69. The van der Waals surface area contributed by atoms with Crippen molar-refractivity contribution in [3.05, 3.63) is 64.5 Å². The maximum Gasteiger partial charge on any atom is 0.354 e. The zero-order valence-corrected chi connectivity index (χ0v) is 13.8. The van der Waals surface area contributed by atoms with Crippen LogP contribution in [0.5, 0.6) is 0 Å². The molecule has 1 atom stereocenters. The Labute approximate surface area is 140 Å². The van der Waals surface area contributed by atoms with Gasteiger partial charge in [-0.25, -0.2) is 9.78 Å². The highest BCUT2D eigenvalue weighted by atomic mass is 16.4. The second kappa shape index (κ2) is 6.43. The van der Waals surface area contributed by atoms with Crippen LogP contribution in [0.4, 0.5) is 0 Å². The van der Waals surface area contributed by atoms with E-state index in [1.165, 1.54) is 35.0 Å². The van der Waals surface area contributed by atoms with Gasteiger partial charge in [-0.15, -0.1) is 0 Å². The Balaban J connectivity index is 1.88. The fourth-order valence-electron chi connectivity index (χ4n) is 3.26. The monoisotopic (exact) mass is 324 g/mol. The van der Waals surface area contributed by atoms with Crippen LogP contribution in [-0.2, 0) is 0 Å². The van der Waals surface area contributed by atoms with Gasteiger partial charge in [0.15, 0.2) is 0 Å². The summed E-state index contributed by atoms with van der Waals surface area (Å²) in [4.78, 5) is 29.5. The first-order valence-corrected chi connectivity index (χ1v) is 8.05. The highest BCUT2D eigenvalue weighted by Crippen LogP contribution is 2.35. The molecule has 1 aliphatic heterocycles. The summed E-state index contributed by atoms with van der Waals surface area (Å²) in [6.45, 7) is 4.83. The molecule has 1 aromatic heterocycles. The molecule has 0 spiro atoms. The molecule has 1 aliphatic rings. The molecule has 1 fully saturated rings. The molecule has 5 nitrogen and oxygen atoms in total. The molecule has 1 saturated heterocycles. The second-order valence-electron chi connectivity index (χ2n) is 6.25. The molecular weight excluding hydrogens is 304 g/mol. The Morgan fingerprint density at radius 2 is 2.00 bits per heavy atom. The number of benzene rings is 1. The van der Waals surface area contributed by atoms with Crippen molar-refractivity contribution in [2.24, 2.45) is 0 Å². The summed E-state index contributed by atoms with van der Waals surface area (Å²) in [5, 5.41) is 8.92. The number of aromatic nitrogens is 1. The highest BCUT2D eigenvalue weighted by Gasteiger charge is 2.31. The van der Waals surface area contributed by atoms with Gasteiger partial charge >= 0.3 is 5.97 Å². The number of carbonyl (C=O) groups is 2. The van der Waals surface area contributed by atoms with Crippen molar-refractivity contribution < 1.29 is 14.7 Å². The molecule has 2 heterocycles. The van der Waals surface area contributed by atoms with E-state index in [1.54, 1.807) is 0 Å². The number of carbonyl (C=O) groups excluding carboxylic acids is 1. The Morgan fingerprint density at radius 1 is 1.21 bits per heavy atom. The molecule has 124 valence electrons. The number of rotatable bonds is 3. The van der Waals surface area contributed by atoms with Crippen LogP contribution in [0.25, 0.3) is 0 Å². The standard InChI is InChI=1S/C19H20N2O3/c1-12-5-6-13(2)15(10-12)17-4-3-9-21(17)18(22)14-7-8-16(19(23)24)20-11-14/h5-8,10-11,17H,3-4,9H2,1-2H3,(H,23,24). The lowest BCUT2D eigenvalue weighted by molar-refractivity contribution is 0.0685. The average Bonchev–Trinajstić information content (AvgIpc) is 3.06. The van der Waals surface area contributed by atoms with Gasteiger partial charge in [-0.1, -0.05) is 23.8 Å².